The maximum Gasteiger partial charge on any atom is 0.123 e. The highest BCUT2D eigenvalue weighted by Gasteiger charge is 2.09. The minimum absolute atomic E-state index is 0.236. The average Bonchev–Trinajstić information content (AvgIpc) is 3.14. The Morgan fingerprint density at radius 1 is 1.12 bits per heavy atom. The molecule has 0 aliphatic rings. The Morgan fingerprint density at radius 3 is 2.54 bits per heavy atom. The number of hydrogen-bond donors (Lipinski definition) is 2. The smallest absolute Gasteiger partial charge is 0.123 e. The molecule has 26 heavy (non-hydrogen) atoms. The van der Waals surface area contributed by atoms with Crippen LogP contribution in [0.5, 0.6) is 5.75 Å². The van der Waals surface area contributed by atoms with Crippen molar-refractivity contribution in [3.63, 3.8) is 0 Å². The van der Waals surface area contributed by atoms with Crippen molar-refractivity contribution in [3.05, 3.63) is 71.7 Å². The third-order valence-electron chi connectivity index (χ3n) is 4.52. The lowest BCUT2D eigenvalue weighted by Gasteiger charge is -2.14. The maximum absolute atomic E-state index is 13.1. The fourth-order valence-electron chi connectivity index (χ4n) is 2.87. The minimum Gasteiger partial charge on any atom is -0.497 e. The van der Waals surface area contributed by atoms with Crippen molar-refractivity contribution < 1.29 is 9.13 Å². The first kappa shape index (κ1) is 18.1. The van der Waals surface area contributed by atoms with Crippen molar-refractivity contribution in [2.45, 2.75) is 32.4 Å². The summed E-state index contributed by atoms with van der Waals surface area (Å²) in [6.07, 6.45) is 3.87. The normalized spacial score (nSPS) is 12.1. The van der Waals surface area contributed by atoms with Crippen LogP contribution in [0.2, 0.25) is 0 Å². The zero-order chi connectivity index (χ0) is 18.4. The van der Waals surface area contributed by atoms with Crippen LogP contribution in [0.25, 0.3) is 11.3 Å². The van der Waals surface area contributed by atoms with E-state index in [0.717, 1.165) is 35.4 Å². The third-order valence-corrected chi connectivity index (χ3v) is 4.52. The number of nitrogens with zero attached hydrogens (tertiary/aromatic N) is 1. The molecule has 5 heteroatoms. The van der Waals surface area contributed by atoms with Gasteiger partial charge in [-0.05, 0) is 61.7 Å². The Morgan fingerprint density at radius 2 is 1.85 bits per heavy atom. The van der Waals surface area contributed by atoms with Gasteiger partial charge in [0.05, 0.1) is 19.0 Å². The number of nitrogens with one attached hydrogen (secondary N) is 2. The number of aryl methyl sites for hydroxylation is 1. The van der Waals surface area contributed by atoms with Crippen LogP contribution in [0.1, 0.15) is 24.5 Å². The number of benzene rings is 2. The Kier molecular flexibility index (Phi) is 6.02. The van der Waals surface area contributed by atoms with Crippen LogP contribution >= 0.6 is 0 Å². The average molecular weight is 353 g/mol. The summed E-state index contributed by atoms with van der Waals surface area (Å²) in [6.45, 7) is 2.90. The van der Waals surface area contributed by atoms with Gasteiger partial charge in [0.15, 0.2) is 0 Å². The molecule has 0 saturated carbocycles. The van der Waals surface area contributed by atoms with Crippen molar-refractivity contribution in [3.8, 4) is 17.0 Å². The lowest BCUT2D eigenvalue weighted by molar-refractivity contribution is 0.414. The molecule has 0 spiro atoms. The van der Waals surface area contributed by atoms with Gasteiger partial charge in [-0.25, -0.2) is 4.39 Å². The van der Waals surface area contributed by atoms with Crippen molar-refractivity contribution in [1.29, 1.82) is 0 Å². The van der Waals surface area contributed by atoms with Gasteiger partial charge >= 0.3 is 0 Å². The quantitative estimate of drug-likeness (QED) is 0.633. The summed E-state index contributed by atoms with van der Waals surface area (Å²) in [5.74, 6) is 0.647. The highest BCUT2D eigenvalue weighted by Crippen LogP contribution is 2.21. The summed E-state index contributed by atoms with van der Waals surface area (Å²) < 4.78 is 18.3. The maximum atomic E-state index is 13.1. The lowest BCUT2D eigenvalue weighted by Crippen LogP contribution is -2.26. The molecule has 2 aromatic carbocycles. The molecular formula is C21H24FN3O. The van der Waals surface area contributed by atoms with Crippen LogP contribution in [0.15, 0.2) is 54.7 Å². The second-order valence-corrected chi connectivity index (χ2v) is 6.45. The monoisotopic (exact) mass is 353 g/mol. The summed E-state index contributed by atoms with van der Waals surface area (Å²) in [4.78, 5) is 0. The summed E-state index contributed by atoms with van der Waals surface area (Å²) in [5, 5.41) is 10.7. The molecule has 2 N–H and O–H groups in total. The molecule has 1 atom stereocenters. The van der Waals surface area contributed by atoms with Gasteiger partial charge in [0.1, 0.15) is 11.6 Å². The van der Waals surface area contributed by atoms with Gasteiger partial charge in [-0.3, -0.25) is 5.10 Å². The van der Waals surface area contributed by atoms with Gasteiger partial charge in [-0.2, -0.15) is 5.10 Å². The Balaban J connectivity index is 1.52. The minimum atomic E-state index is -0.236. The third kappa shape index (κ3) is 4.70. The number of aromatic nitrogens is 2. The van der Waals surface area contributed by atoms with E-state index < -0.39 is 0 Å². The number of H-pyrrole nitrogens is 1. The van der Waals surface area contributed by atoms with Gasteiger partial charge in [0.25, 0.3) is 0 Å². The number of aromatic amines is 1. The SMILES string of the molecule is COc1ccc(CC[C@@H](C)NCc2cn[nH]c2-c2ccc(F)cc2)cc1. The van der Waals surface area contributed by atoms with Crippen LogP contribution in [-0.4, -0.2) is 23.3 Å². The molecule has 136 valence electrons. The first-order valence-electron chi connectivity index (χ1n) is 8.80. The molecule has 0 saturated heterocycles. The molecule has 1 heterocycles. The van der Waals surface area contributed by atoms with Crippen molar-refractivity contribution in [1.82, 2.24) is 15.5 Å². The van der Waals surface area contributed by atoms with E-state index in [1.54, 1.807) is 19.2 Å². The van der Waals surface area contributed by atoms with Gasteiger partial charge in [-0.1, -0.05) is 12.1 Å². The molecule has 0 fully saturated rings. The number of rotatable bonds is 8. The number of halogens is 1. The topological polar surface area (TPSA) is 49.9 Å². The molecule has 0 aliphatic carbocycles. The molecule has 0 aliphatic heterocycles. The fraction of sp³-hybridized carbons (Fsp3) is 0.286. The molecule has 3 rings (SSSR count). The first-order valence-corrected chi connectivity index (χ1v) is 8.80. The zero-order valence-electron chi connectivity index (χ0n) is 15.1. The van der Waals surface area contributed by atoms with E-state index >= 15 is 0 Å². The van der Waals surface area contributed by atoms with E-state index in [9.17, 15) is 4.39 Å². The number of methoxy groups -OCH3 is 1. The van der Waals surface area contributed by atoms with Crippen molar-refractivity contribution in [2.24, 2.45) is 0 Å². The zero-order valence-corrected chi connectivity index (χ0v) is 15.1. The predicted molar refractivity (Wildman–Crippen MR) is 102 cm³/mol. The highest BCUT2D eigenvalue weighted by molar-refractivity contribution is 5.62. The Bertz CT molecular complexity index is 812. The lowest BCUT2D eigenvalue weighted by atomic mass is 10.0. The number of hydrogen-bond acceptors (Lipinski definition) is 3. The van der Waals surface area contributed by atoms with Crippen molar-refractivity contribution in [2.75, 3.05) is 7.11 Å². The molecular weight excluding hydrogens is 329 g/mol. The van der Waals surface area contributed by atoms with Crippen LogP contribution in [0.3, 0.4) is 0 Å². The Hall–Kier alpha value is -2.66. The molecule has 4 nitrogen and oxygen atoms in total. The van der Waals surface area contributed by atoms with E-state index in [4.69, 9.17) is 4.74 Å². The Labute approximate surface area is 153 Å². The molecule has 0 amide bonds. The summed E-state index contributed by atoms with van der Waals surface area (Å²) in [5.41, 5.74) is 4.24. The van der Waals surface area contributed by atoms with E-state index in [2.05, 4.69) is 34.6 Å². The predicted octanol–water partition coefficient (Wildman–Crippen LogP) is 4.34. The van der Waals surface area contributed by atoms with Crippen LogP contribution in [-0.2, 0) is 13.0 Å². The highest BCUT2D eigenvalue weighted by atomic mass is 19.1. The second-order valence-electron chi connectivity index (χ2n) is 6.45. The molecule has 1 aromatic heterocycles. The fourth-order valence-corrected chi connectivity index (χ4v) is 2.87. The standard InChI is InChI=1S/C21H24FN3O/c1-15(3-4-16-5-11-20(26-2)12-6-16)23-13-18-14-24-25-21(18)17-7-9-19(22)10-8-17/h5-12,14-15,23H,3-4,13H2,1-2H3,(H,24,25)/t15-/m1/s1. The van der Waals surface area contributed by atoms with E-state index in [0.29, 0.717) is 12.6 Å². The largest absolute Gasteiger partial charge is 0.497 e. The van der Waals surface area contributed by atoms with Crippen LogP contribution < -0.4 is 10.1 Å². The molecule has 0 unspecified atom stereocenters. The van der Waals surface area contributed by atoms with Crippen LogP contribution in [0.4, 0.5) is 4.39 Å². The second kappa shape index (κ2) is 8.63. The van der Waals surface area contributed by atoms with Gasteiger partial charge in [0, 0.05) is 23.7 Å². The van der Waals surface area contributed by atoms with Gasteiger partial charge in [-0.15, -0.1) is 0 Å². The van der Waals surface area contributed by atoms with E-state index in [-0.39, 0.29) is 5.82 Å². The summed E-state index contributed by atoms with van der Waals surface area (Å²) in [6, 6.07) is 15.0. The molecule has 0 bridgehead atoms. The van der Waals surface area contributed by atoms with Gasteiger partial charge in [0.2, 0.25) is 0 Å². The first-order chi connectivity index (χ1) is 12.7. The molecule has 0 radical (unpaired) electrons. The van der Waals surface area contributed by atoms with Crippen LogP contribution in [0, 0.1) is 5.82 Å². The summed E-state index contributed by atoms with van der Waals surface area (Å²) in [7, 11) is 1.68. The van der Waals surface area contributed by atoms with Gasteiger partial charge < -0.3 is 10.1 Å². The molecule has 3 aromatic rings. The summed E-state index contributed by atoms with van der Waals surface area (Å²) >= 11 is 0. The van der Waals surface area contributed by atoms with E-state index in [1.807, 2.05) is 18.3 Å². The van der Waals surface area contributed by atoms with Crippen molar-refractivity contribution >= 4 is 0 Å². The van der Waals surface area contributed by atoms with E-state index in [1.165, 1.54) is 17.7 Å². The number of ether oxygens (including phenoxy) is 1.